The van der Waals surface area contributed by atoms with Crippen molar-refractivity contribution in [1.29, 1.82) is 0 Å². The van der Waals surface area contributed by atoms with Crippen LogP contribution >= 0.6 is 0 Å². The average Bonchev–Trinajstić information content (AvgIpc) is 3.94. The van der Waals surface area contributed by atoms with Crippen LogP contribution < -0.4 is 15.4 Å². The van der Waals surface area contributed by atoms with E-state index in [2.05, 4.69) is 32.7 Å². The van der Waals surface area contributed by atoms with Gasteiger partial charge in [0.1, 0.15) is 11.5 Å². The highest BCUT2D eigenvalue weighted by molar-refractivity contribution is 6.00. The van der Waals surface area contributed by atoms with Crippen LogP contribution in [0.1, 0.15) is 46.4 Å². The van der Waals surface area contributed by atoms with Gasteiger partial charge in [-0.1, -0.05) is 12.1 Å². The number of carbonyl (C=O) groups is 2. The minimum Gasteiger partial charge on any atom is -0.457 e. The van der Waals surface area contributed by atoms with E-state index in [1.54, 1.807) is 0 Å². The number of fused-ring (bicyclic) bond motifs is 2. The lowest BCUT2D eigenvalue weighted by Gasteiger charge is -2.07. The minimum atomic E-state index is -0.0140. The second-order valence-corrected chi connectivity index (χ2v) is 11.6. The molecule has 6 aromatic rings. The molecule has 0 spiro atoms. The van der Waals surface area contributed by atoms with E-state index in [9.17, 15) is 9.59 Å². The van der Waals surface area contributed by atoms with Crippen LogP contribution in [0.2, 0.25) is 0 Å². The number of ether oxygens (including phenoxy) is 1. The summed E-state index contributed by atoms with van der Waals surface area (Å²) < 4.78 is 6.13. The van der Waals surface area contributed by atoms with Crippen molar-refractivity contribution in [2.75, 3.05) is 0 Å². The third-order valence-electron chi connectivity index (χ3n) is 8.16. The highest BCUT2D eigenvalue weighted by Crippen LogP contribution is 2.31. The summed E-state index contributed by atoms with van der Waals surface area (Å²) >= 11 is 0. The molecule has 0 saturated heterocycles. The first kappa shape index (κ1) is 25.4. The summed E-state index contributed by atoms with van der Waals surface area (Å²) in [7, 11) is 0. The van der Waals surface area contributed by atoms with Gasteiger partial charge in [-0.05, 0) is 122 Å². The van der Waals surface area contributed by atoms with Crippen molar-refractivity contribution in [2.45, 2.75) is 37.8 Å². The molecule has 8 rings (SSSR count). The predicted molar refractivity (Wildman–Crippen MR) is 169 cm³/mol. The van der Waals surface area contributed by atoms with E-state index in [0.717, 1.165) is 81.5 Å². The van der Waals surface area contributed by atoms with E-state index in [0.29, 0.717) is 23.2 Å². The third kappa shape index (κ3) is 5.37. The van der Waals surface area contributed by atoms with Gasteiger partial charge in [-0.25, -0.2) is 0 Å². The lowest BCUT2D eigenvalue weighted by atomic mass is 10.1. The molecule has 7 nitrogen and oxygen atoms in total. The quantitative estimate of drug-likeness (QED) is 0.153. The monoisotopic (exact) mass is 566 g/mol. The standard InChI is InChI=1S/C36H30N4O3/c41-35(37-27-9-10-27)25-3-1-23-17-31(39-33(23)19-25)21-5-13-29(14-6-21)43-30-15-7-22(8-16-30)32-18-24-2-4-26(20-34(24)40-32)36(42)38-28-11-12-28/h1-8,13-20,27-28,39-40H,9-12H2,(H,37,41)(H,38,42). The molecular weight excluding hydrogens is 536 g/mol. The molecule has 2 heterocycles. The van der Waals surface area contributed by atoms with Gasteiger partial charge in [-0.3, -0.25) is 9.59 Å². The zero-order valence-electron chi connectivity index (χ0n) is 23.4. The molecular formula is C36H30N4O3. The summed E-state index contributed by atoms with van der Waals surface area (Å²) in [5.74, 6) is 1.46. The van der Waals surface area contributed by atoms with Gasteiger partial charge >= 0.3 is 0 Å². The van der Waals surface area contributed by atoms with E-state index in [1.165, 1.54) is 0 Å². The van der Waals surface area contributed by atoms with Gasteiger partial charge in [0, 0.05) is 56.4 Å². The molecule has 43 heavy (non-hydrogen) atoms. The van der Waals surface area contributed by atoms with Crippen LogP contribution in [-0.4, -0.2) is 33.9 Å². The number of amides is 2. The molecule has 7 heteroatoms. The zero-order chi connectivity index (χ0) is 28.9. The maximum absolute atomic E-state index is 12.4. The summed E-state index contributed by atoms with van der Waals surface area (Å²) in [6.45, 7) is 0. The fraction of sp³-hybridized carbons (Fsp3) is 0.167. The Morgan fingerprint density at radius 1 is 0.558 bits per heavy atom. The van der Waals surface area contributed by atoms with E-state index in [1.807, 2.05) is 84.9 Å². The van der Waals surface area contributed by atoms with Crippen LogP contribution in [0.15, 0.2) is 97.1 Å². The van der Waals surface area contributed by atoms with E-state index in [-0.39, 0.29) is 11.8 Å². The Hall–Kier alpha value is -5.30. The van der Waals surface area contributed by atoms with E-state index >= 15 is 0 Å². The first-order valence-corrected chi connectivity index (χ1v) is 14.8. The van der Waals surface area contributed by atoms with Crippen LogP contribution in [0.25, 0.3) is 44.3 Å². The van der Waals surface area contributed by atoms with Gasteiger partial charge in [0.15, 0.2) is 0 Å². The number of rotatable bonds is 8. The lowest BCUT2D eigenvalue weighted by molar-refractivity contribution is 0.0943. The molecule has 0 bridgehead atoms. The molecule has 212 valence electrons. The number of aromatic nitrogens is 2. The van der Waals surface area contributed by atoms with Gasteiger partial charge in [0.2, 0.25) is 0 Å². The maximum Gasteiger partial charge on any atom is 0.251 e. The molecule has 0 unspecified atom stereocenters. The Morgan fingerprint density at radius 2 is 0.977 bits per heavy atom. The molecule has 2 fully saturated rings. The van der Waals surface area contributed by atoms with Crippen molar-refractivity contribution in [2.24, 2.45) is 0 Å². The van der Waals surface area contributed by atoms with Crippen LogP contribution in [-0.2, 0) is 0 Å². The van der Waals surface area contributed by atoms with Crippen LogP contribution in [0.5, 0.6) is 11.5 Å². The van der Waals surface area contributed by atoms with Crippen molar-refractivity contribution in [3.05, 3.63) is 108 Å². The molecule has 4 aromatic carbocycles. The van der Waals surface area contributed by atoms with Gasteiger partial charge < -0.3 is 25.3 Å². The van der Waals surface area contributed by atoms with Crippen LogP contribution in [0.4, 0.5) is 0 Å². The van der Waals surface area contributed by atoms with Gasteiger partial charge in [0.05, 0.1) is 0 Å². The largest absolute Gasteiger partial charge is 0.457 e. The predicted octanol–water partition coefficient (Wildman–Crippen LogP) is 7.56. The molecule has 2 aliphatic carbocycles. The Morgan fingerprint density at radius 3 is 1.37 bits per heavy atom. The normalized spacial score (nSPS) is 14.6. The molecule has 2 amide bonds. The van der Waals surface area contributed by atoms with Crippen molar-refractivity contribution in [3.63, 3.8) is 0 Å². The van der Waals surface area contributed by atoms with E-state index in [4.69, 9.17) is 4.74 Å². The number of aromatic amines is 2. The second-order valence-electron chi connectivity index (χ2n) is 11.6. The third-order valence-corrected chi connectivity index (χ3v) is 8.16. The molecule has 2 saturated carbocycles. The van der Waals surface area contributed by atoms with Crippen molar-refractivity contribution >= 4 is 33.6 Å². The number of nitrogens with one attached hydrogen (secondary N) is 4. The Labute approximate surface area is 248 Å². The van der Waals surface area contributed by atoms with Crippen molar-refractivity contribution in [1.82, 2.24) is 20.6 Å². The Kier molecular flexibility index (Phi) is 6.03. The smallest absolute Gasteiger partial charge is 0.251 e. The Balaban J connectivity index is 0.942. The SMILES string of the molecule is O=C(NC1CC1)c1ccc2cc(-c3ccc(Oc4ccc(-c5cc6ccc(C(=O)NC7CC7)cc6[nH]5)cc4)cc3)[nH]c2c1. The van der Waals surface area contributed by atoms with Crippen LogP contribution in [0, 0.1) is 0 Å². The van der Waals surface area contributed by atoms with Crippen molar-refractivity contribution in [3.8, 4) is 34.0 Å². The topological polar surface area (TPSA) is 99.0 Å². The summed E-state index contributed by atoms with van der Waals surface area (Å²) in [5.41, 5.74) is 7.27. The van der Waals surface area contributed by atoms with Crippen molar-refractivity contribution < 1.29 is 14.3 Å². The molecule has 2 aromatic heterocycles. The van der Waals surface area contributed by atoms with Crippen LogP contribution in [0.3, 0.4) is 0 Å². The first-order chi connectivity index (χ1) is 21.0. The molecule has 0 aliphatic heterocycles. The molecule has 0 atom stereocenters. The molecule has 2 aliphatic rings. The van der Waals surface area contributed by atoms with Gasteiger partial charge in [0.25, 0.3) is 11.8 Å². The maximum atomic E-state index is 12.4. The van der Waals surface area contributed by atoms with Gasteiger partial charge in [-0.15, -0.1) is 0 Å². The zero-order valence-corrected chi connectivity index (χ0v) is 23.4. The number of hydrogen-bond acceptors (Lipinski definition) is 3. The number of carbonyl (C=O) groups excluding carboxylic acids is 2. The number of H-pyrrole nitrogens is 2. The highest BCUT2D eigenvalue weighted by atomic mass is 16.5. The fourth-order valence-electron chi connectivity index (χ4n) is 5.38. The fourth-order valence-corrected chi connectivity index (χ4v) is 5.38. The molecule has 0 radical (unpaired) electrons. The number of hydrogen-bond donors (Lipinski definition) is 4. The second kappa shape index (κ2) is 10.2. The summed E-state index contributed by atoms with van der Waals surface area (Å²) in [5, 5.41) is 8.22. The van der Waals surface area contributed by atoms with E-state index < -0.39 is 0 Å². The first-order valence-electron chi connectivity index (χ1n) is 14.8. The summed E-state index contributed by atoms with van der Waals surface area (Å²) in [6, 6.07) is 32.4. The minimum absolute atomic E-state index is 0.0140. The summed E-state index contributed by atoms with van der Waals surface area (Å²) in [6.07, 6.45) is 4.28. The highest BCUT2D eigenvalue weighted by Gasteiger charge is 2.24. The Bertz CT molecular complexity index is 1850. The van der Waals surface area contributed by atoms with Gasteiger partial charge in [-0.2, -0.15) is 0 Å². The average molecular weight is 567 g/mol. The number of benzene rings is 4. The summed E-state index contributed by atoms with van der Waals surface area (Å²) in [4.78, 5) is 31.8. The lowest BCUT2D eigenvalue weighted by Crippen LogP contribution is -2.25. The molecule has 4 N–H and O–H groups in total.